The molecule has 0 saturated heterocycles. The molecule has 0 aliphatic carbocycles. The summed E-state index contributed by atoms with van der Waals surface area (Å²) in [7, 11) is 0. The monoisotopic (exact) mass is 587 g/mol. The van der Waals surface area contributed by atoms with Crippen LogP contribution >= 0.6 is 0 Å². The highest BCUT2D eigenvalue weighted by atomic mass is 16.5. The molecule has 0 atom stereocenters. The van der Waals surface area contributed by atoms with Crippen molar-refractivity contribution in [3.63, 3.8) is 0 Å². The maximum atomic E-state index is 11.8. The Kier molecular flexibility index (Phi) is 10.6. The van der Waals surface area contributed by atoms with Gasteiger partial charge in [0.1, 0.15) is 28.6 Å². The summed E-state index contributed by atoms with van der Waals surface area (Å²) < 4.78 is 5.13. The topological polar surface area (TPSA) is 141 Å². The highest BCUT2D eigenvalue weighted by Gasteiger charge is 2.12. The summed E-state index contributed by atoms with van der Waals surface area (Å²) in [5.74, 6) is -0.271. The number of phenolic OH excluding ortho intramolecular Hbond substituents is 3. The van der Waals surface area contributed by atoms with Crippen LogP contribution in [0.3, 0.4) is 0 Å². The summed E-state index contributed by atoms with van der Waals surface area (Å²) in [5.41, 5.74) is 3.33. The van der Waals surface area contributed by atoms with E-state index in [1.165, 1.54) is 19.1 Å². The molecule has 0 unspecified atom stereocenters. The second-order valence-electron chi connectivity index (χ2n) is 9.23. The zero-order valence-electron chi connectivity index (χ0n) is 23.7. The van der Waals surface area contributed by atoms with Crippen molar-refractivity contribution in [2.24, 2.45) is 9.98 Å². The van der Waals surface area contributed by atoms with Gasteiger partial charge in [-0.05, 0) is 72.8 Å². The first-order valence-corrected chi connectivity index (χ1v) is 13.4. The third-order valence-corrected chi connectivity index (χ3v) is 5.95. The summed E-state index contributed by atoms with van der Waals surface area (Å²) in [5, 5.41) is 31.7. The molecule has 0 aliphatic rings. The summed E-state index contributed by atoms with van der Waals surface area (Å²) >= 11 is 0. The zero-order valence-corrected chi connectivity index (χ0v) is 23.7. The van der Waals surface area contributed by atoms with Gasteiger partial charge in [0, 0.05) is 36.2 Å². The standard InChI is InChI=1S/C20H16N2O2.C15H13NO4/c23-19-11-5-1-7-15(19)13-21-17-9-3-4-10-18(17)22-14-16-8-2-6-12-20(16)24;1-10(17)16-11-6-8-12(9-7-11)20-15(19)13-4-2-3-5-14(13)18/h1-14,23-24H;2-9,18H,1H3,(H,16,17)/b21-13-,22-14+;. The van der Waals surface area contributed by atoms with Crippen LogP contribution in [0.5, 0.6) is 23.0 Å². The van der Waals surface area contributed by atoms with Gasteiger partial charge in [0.2, 0.25) is 5.91 Å². The van der Waals surface area contributed by atoms with E-state index in [0.29, 0.717) is 33.9 Å². The molecule has 9 heteroatoms. The number of carbonyl (C=O) groups is 2. The first-order valence-electron chi connectivity index (χ1n) is 13.4. The van der Waals surface area contributed by atoms with E-state index in [1.807, 2.05) is 36.4 Å². The molecule has 0 bridgehead atoms. The summed E-state index contributed by atoms with van der Waals surface area (Å²) in [4.78, 5) is 31.5. The molecule has 1 amide bonds. The Morgan fingerprint density at radius 1 is 0.614 bits per heavy atom. The molecule has 220 valence electrons. The molecule has 44 heavy (non-hydrogen) atoms. The molecular formula is C35H29N3O6. The number of aromatic hydroxyl groups is 3. The number of anilines is 1. The number of hydrogen-bond acceptors (Lipinski definition) is 8. The summed E-state index contributed by atoms with van der Waals surface area (Å²) in [6, 6.07) is 33.9. The van der Waals surface area contributed by atoms with E-state index in [-0.39, 0.29) is 28.7 Å². The number of phenols is 3. The number of nitrogens with one attached hydrogen (secondary N) is 1. The number of para-hydroxylation sites is 5. The minimum Gasteiger partial charge on any atom is -0.507 e. The van der Waals surface area contributed by atoms with Crippen LogP contribution in [0.25, 0.3) is 0 Å². The van der Waals surface area contributed by atoms with E-state index in [9.17, 15) is 24.9 Å². The molecule has 0 heterocycles. The van der Waals surface area contributed by atoms with Gasteiger partial charge in [-0.3, -0.25) is 14.8 Å². The Balaban J connectivity index is 0.000000204. The van der Waals surface area contributed by atoms with Gasteiger partial charge in [-0.15, -0.1) is 0 Å². The van der Waals surface area contributed by atoms with Gasteiger partial charge in [-0.2, -0.15) is 0 Å². The van der Waals surface area contributed by atoms with Gasteiger partial charge in [-0.1, -0.05) is 48.5 Å². The van der Waals surface area contributed by atoms with Crippen LogP contribution in [0.2, 0.25) is 0 Å². The van der Waals surface area contributed by atoms with Crippen molar-refractivity contribution in [2.75, 3.05) is 5.32 Å². The third kappa shape index (κ3) is 8.89. The van der Waals surface area contributed by atoms with Crippen molar-refractivity contribution in [2.45, 2.75) is 6.92 Å². The van der Waals surface area contributed by atoms with Gasteiger partial charge in [-0.25, -0.2) is 4.79 Å². The van der Waals surface area contributed by atoms with Gasteiger partial charge in [0.05, 0.1) is 11.4 Å². The average molecular weight is 588 g/mol. The lowest BCUT2D eigenvalue weighted by molar-refractivity contribution is -0.114. The largest absolute Gasteiger partial charge is 0.507 e. The number of carbonyl (C=O) groups excluding carboxylic acids is 2. The first-order chi connectivity index (χ1) is 21.3. The molecule has 0 aromatic heterocycles. The van der Waals surface area contributed by atoms with E-state index in [4.69, 9.17) is 4.74 Å². The lowest BCUT2D eigenvalue weighted by Gasteiger charge is -2.07. The SMILES string of the molecule is CC(=O)Nc1ccc(OC(=O)c2ccccc2O)cc1.Oc1ccccc1/C=N\c1ccccc1/N=C/c1ccccc1O. The van der Waals surface area contributed by atoms with Gasteiger partial charge in [0.15, 0.2) is 0 Å². The number of rotatable bonds is 7. The van der Waals surface area contributed by atoms with Crippen molar-refractivity contribution in [1.29, 1.82) is 0 Å². The Morgan fingerprint density at radius 2 is 1.07 bits per heavy atom. The fourth-order valence-corrected chi connectivity index (χ4v) is 3.77. The Labute approximate surface area is 254 Å². The predicted molar refractivity (Wildman–Crippen MR) is 171 cm³/mol. The van der Waals surface area contributed by atoms with Crippen molar-refractivity contribution >= 4 is 41.4 Å². The van der Waals surface area contributed by atoms with Crippen LogP contribution < -0.4 is 10.1 Å². The number of amides is 1. The maximum absolute atomic E-state index is 11.8. The molecule has 0 spiro atoms. The van der Waals surface area contributed by atoms with Crippen molar-refractivity contribution in [1.82, 2.24) is 0 Å². The van der Waals surface area contributed by atoms with Crippen LogP contribution in [0, 0.1) is 0 Å². The number of ether oxygens (including phenoxy) is 1. The Hall–Kier alpha value is -6.22. The number of nitrogens with zero attached hydrogens (tertiary/aromatic N) is 2. The highest BCUT2D eigenvalue weighted by Crippen LogP contribution is 2.28. The predicted octanol–water partition coefficient (Wildman–Crippen LogP) is 7.17. The fraction of sp³-hybridized carbons (Fsp3) is 0.0286. The number of esters is 1. The Bertz CT molecular complexity index is 1720. The molecule has 9 nitrogen and oxygen atoms in total. The van der Waals surface area contributed by atoms with Crippen molar-refractivity contribution in [3.8, 4) is 23.0 Å². The van der Waals surface area contributed by atoms with Gasteiger partial charge >= 0.3 is 5.97 Å². The second-order valence-corrected chi connectivity index (χ2v) is 9.23. The van der Waals surface area contributed by atoms with Crippen molar-refractivity contribution < 1.29 is 29.6 Å². The quantitative estimate of drug-likeness (QED) is 0.0904. The maximum Gasteiger partial charge on any atom is 0.347 e. The van der Waals surface area contributed by atoms with E-state index in [1.54, 1.807) is 85.2 Å². The molecule has 0 aliphatic heterocycles. The van der Waals surface area contributed by atoms with Crippen molar-refractivity contribution in [3.05, 3.63) is 138 Å². The highest BCUT2D eigenvalue weighted by molar-refractivity contribution is 5.94. The average Bonchev–Trinajstić information content (AvgIpc) is 3.02. The lowest BCUT2D eigenvalue weighted by Crippen LogP contribution is -2.09. The molecular weight excluding hydrogens is 558 g/mol. The summed E-state index contributed by atoms with van der Waals surface area (Å²) in [6.07, 6.45) is 3.20. The lowest BCUT2D eigenvalue weighted by atomic mass is 10.2. The Morgan fingerprint density at radius 3 is 1.55 bits per heavy atom. The fourth-order valence-electron chi connectivity index (χ4n) is 3.77. The minimum atomic E-state index is -0.643. The minimum absolute atomic E-state index is 0.0958. The van der Waals surface area contributed by atoms with E-state index in [0.717, 1.165) is 0 Å². The van der Waals surface area contributed by atoms with E-state index in [2.05, 4.69) is 15.3 Å². The van der Waals surface area contributed by atoms with Crippen LogP contribution in [0.15, 0.2) is 131 Å². The van der Waals surface area contributed by atoms with Crippen LogP contribution in [0.4, 0.5) is 17.1 Å². The smallest absolute Gasteiger partial charge is 0.347 e. The van der Waals surface area contributed by atoms with Crippen LogP contribution in [-0.2, 0) is 4.79 Å². The van der Waals surface area contributed by atoms with E-state index < -0.39 is 5.97 Å². The van der Waals surface area contributed by atoms with E-state index >= 15 is 0 Å². The molecule has 5 aromatic rings. The molecule has 0 fully saturated rings. The van der Waals surface area contributed by atoms with Gasteiger partial charge in [0.25, 0.3) is 0 Å². The molecule has 0 saturated carbocycles. The normalized spacial score (nSPS) is 10.7. The van der Waals surface area contributed by atoms with Crippen LogP contribution in [0.1, 0.15) is 28.4 Å². The zero-order chi connectivity index (χ0) is 31.3. The number of hydrogen-bond donors (Lipinski definition) is 4. The van der Waals surface area contributed by atoms with Gasteiger partial charge < -0.3 is 25.4 Å². The first kappa shape index (κ1) is 30.7. The number of benzene rings is 5. The molecule has 5 rings (SSSR count). The molecule has 4 N–H and O–H groups in total. The molecule has 5 aromatic carbocycles. The third-order valence-electron chi connectivity index (χ3n) is 5.95. The second kappa shape index (κ2) is 15.1. The molecule has 0 radical (unpaired) electrons. The van der Waals surface area contributed by atoms with Crippen LogP contribution in [-0.4, -0.2) is 39.6 Å². The summed E-state index contributed by atoms with van der Waals surface area (Å²) in [6.45, 7) is 1.41. The number of aliphatic imine (C=N–C) groups is 2.